The van der Waals surface area contributed by atoms with Crippen LogP contribution in [0.4, 0.5) is 0 Å². The van der Waals surface area contributed by atoms with Gasteiger partial charge in [-0.3, -0.25) is 4.79 Å². The number of ether oxygens (including phenoxy) is 1. The van der Waals surface area contributed by atoms with Crippen LogP contribution >= 0.6 is 0 Å². The van der Waals surface area contributed by atoms with E-state index in [1.165, 1.54) is 16.7 Å². The second-order valence-electron chi connectivity index (χ2n) is 5.56. The third kappa shape index (κ3) is 5.11. The fraction of sp³-hybridized carbons (Fsp3) is 0.316. The van der Waals surface area contributed by atoms with Gasteiger partial charge < -0.3 is 15.2 Å². The highest BCUT2D eigenvalue weighted by Crippen LogP contribution is 2.19. The summed E-state index contributed by atoms with van der Waals surface area (Å²) >= 11 is 0. The minimum Gasteiger partial charge on any atom is -0.489 e. The molecular formula is C19H23NO3. The Balaban J connectivity index is 1.99. The normalized spacial score (nSPS) is 10.4. The summed E-state index contributed by atoms with van der Waals surface area (Å²) in [6.07, 6.45) is 0.278. The van der Waals surface area contributed by atoms with Crippen LogP contribution in [0, 0.1) is 13.8 Å². The maximum absolute atomic E-state index is 11.7. The number of benzene rings is 2. The van der Waals surface area contributed by atoms with Crippen LogP contribution < -0.4 is 10.1 Å². The van der Waals surface area contributed by atoms with Gasteiger partial charge in [0.15, 0.2) is 0 Å². The molecule has 0 aromatic heterocycles. The molecule has 2 aromatic carbocycles. The van der Waals surface area contributed by atoms with E-state index < -0.39 is 0 Å². The van der Waals surface area contributed by atoms with Crippen LogP contribution in [-0.4, -0.2) is 24.2 Å². The van der Waals surface area contributed by atoms with Gasteiger partial charge in [0, 0.05) is 6.54 Å². The van der Waals surface area contributed by atoms with Gasteiger partial charge in [0.25, 0.3) is 0 Å². The number of aliphatic hydroxyl groups is 1. The van der Waals surface area contributed by atoms with Crippen molar-refractivity contribution in [1.29, 1.82) is 0 Å². The molecule has 0 spiro atoms. The van der Waals surface area contributed by atoms with E-state index in [2.05, 4.69) is 31.3 Å². The van der Waals surface area contributed by atoms with E-state index in [1.807, 2.05) is 30.3 Å². The van der Waals surface area contributed by atoms with Gasteiger partial charge in [-0.1, -0.05) is 30.3 Å². The number of carbonyl (C=O) groups excluding carboxylic acids is 1. The maximum atomic E-state index is 11.7. The van der Waals surface area contributed by atoms with E-state index in [4.69, 9.17) is 9.84 Å². The third-order valence-corrected chi connectivity index (χ3v) is 3.72. The largest absolute Gasteiger partial charge is 0.489 e. The fourth-order valence-corrected chi connectivity index (χ4v) is 2.42. The third-order valence-electron chi connectivity index (χ3n) is 3.72. The number of hydrogen-bond donors (Lipinski definition) is 2. The molecular weight excluding hydrogens is 290 g/mol. The van der Waals surface area contributed by atoms with Crippen molar-refractivity contribution in [3.63, 3.8) is 0 Å². The standard InChI is InChI=1S/C19H23NO3/c1-14-5-3-6-15(2)18(14)13-23-17-8-4-7-16(11-17)12-19(22)20-9-10-21/h3-8,11,21H,9-10,12-13H2,1-2H3,(H,20,22). The topological polar surface area (TPSA) is 58.6 Å². The summed E-state index contributed by atoms with van der Waals surface area (Å²) in [4.78, 5) is 11.7. The van der Waals surface area contributed by atoms with Gasteiger partial charge >= 0.3 is 0 Å². The van der Waals surface area contributed by atoms with Crippen molar-refractivity contribution in [2.45, 2.75) is 26.9 Å². The molecule has 0 atom stereocenters. The molecule has 4 nitrogen and oxygen atoms in total. The maximum Gasteiger partial charge on any atom is 0.224 e. The molecule has 2 aromatic rings. The summed E-state index contributed by atoms with van der Waals surface area (Å²) in [5, 5.41) is 11.4. The minimum absolute atomic E-state index is 0.0509. The second-order valence-corrected chi connectivity index (χ2v) is 5.56. The molecule has 0 saturated heterocycles. The minimum atomic E-state index is -0.106. The Kier molecular flexibility index (Phi) is 6.18. The zero-order valence-electron chi connectivity index (χ0n) is 13.6. The summed E-state index contributed by atoms with van der Waals surface area (Å²) in [5.74, 6) is 0.644. The highest BCUT2D eigenvalue weighted by molar-refractivity contribution is 5.78. The number of amides is 1. The molecule has 0 aliphatic carbocycles. The van der Waals surface area contributed by atoms with Crippen molar-refractivity contribution >= 4 is 5.91 Å². The first kappa shape index (κ1) is 17.0. The molecule has 0 bridgehead atoms. The van der Waals surface area contributed by atoms with E-state index in [0.717, 1.165) is 11.3 Å². The summed E-state index contributed by atoms with van der Waals surface area (Å²) in [7, 11) is 0. The van der Waals surface area contributed by atoms with E-state index in [-0.39, 0.29) is 25.5 Å². The Morgan fingerprint density at radius 2 is 1.83 bits per heavy atom. The predicted octanol–water partition coefficient (Wildman–Crippen LogP) is 2.53. The van der Waals surface area contributed by atoms with E-state index in [0.29, 0.717) is 6.61 Å². The van der Waals surface area contributed by atoms with Crippen molar-refractivity contribution in [1.82, 2.24) is 5.32 Å². The Morgan fingerprint density at radius 3 is 2.52 bits per heavy atom. The highest BCUT2D eigenvalue weighted by atomic mass is 16.5. The fourth-order valence-electron chi connectivity index (χ4n) is 2.42. The van der Waals surface area contributed by atoms with Gasteiger partial charge in [0.1, 0.15) is 12.4 Å². The highest BCUT2D eigenvalue weighted by Gasteiger charge is 2.06. The van der Waals surface area contributed by atoms with Crippen molar-refractivity contribution in [2.24, 2.45) is 0 Å². The molecule has 1 amide bonds. The first-order valence-corrected chi connectivity index (χ1v) is 7.74. The number of hydrogen-bond acceptors (Lipinski definition) is 3. The Labute approximate surface area is 137 Å². The van der Waals surface area contributed by atoms with E-state index in [1.54, 1.807) is 0 Å². The van der Waals surface area contributed by atoms with Crippen LogP contribution in [0.15, 0.2) is 42.5 Å². The Hall–Kier alpha value is -2.33. The van der Waals surface area contributed by atoms with E-state index >= 15 is 0 Å². The van der Waals surface area contributed by atoms with Crippen molar-refractivity contribution in [3.8, 4) is 5.75 Å². The molecule has 23 heavy (non-hydrogen) atoms. The van der Waals surface area contributed by atoms with Gasteiger partial charge in [-0.25, -0.2) is 0 Å². The van der Waals surface area contributed by atoms with Gasteiger partial charge in [-0.05, 0) is 48.2 Å². The van der Waals surface area contributed by atoms with Crippen LogP contribution in [0.1, 0.15) is 22.3 Å². The average Bonchev–Trinajstić information content (AvgIpc) is 2.53. The second kappa shape index (κ2) is 8.34. The van der Waals surface area contributed by atoms with Crippen LogP contribution in [0.3, 0.4) is 0 Å². The molecule has 2 rings (SSSR count). The van der Waals surface area contributed by atoms with Crippen LogP contribution in [-0.2, 0) is 17.8 Å². The lowest BCUT2D eigenvalue weighted by Crippen LogP contribution is -2.27. The average molecular weight is 313 g/mol. The zero-order valence-corrected chi connectivity index (χ0v) is 13.6. The number of rotatable bonds is 7. The molecule has 0 fully saturated rings. The number of aliphatic hydroxyl groups excluding tert-OH is 1. The summed E-state index contributed by atoms with van der Waals surface area (Å²) in [6, 6.07) is 13.7. The quantitative estimate of drug-likeness (QED) is 0.826. The summed E-state index contributed by atoms with van der Waals surface area (Å²) in [6.45, 7) is 4.89. The lowest BCUT2D eigenvalue weighted by Gasteiger charge is -2.12. The van der Waals surface area contributed by atoms with Crippen LogP contribution in [0.2, 0.25) is 0 Å². The predicted molar refractivity (Wildman–Crippen MR) is 90.5 cm³/mol. The number of aryl methyl sites for hydroxylation is 2. The Bertz CT molecular complexity index is 647. The Morgan fingerprint density at radius 1 is 1.13 bits per heavy atom. The lowest BCUT2D eigenvalue weighted by molar-refractivity contribution is -0.120. The molecule has 0 aliphatic heterocycles. The molecule has 122 valence electrons. The molecule has 0 unspecified atom stereocenters. The molecule has 2 N–H and O–H groups in total. The molecule has 0 saturated carbocycles. The van der Waals surface area contributed by atoms with Gasteiger partial charge in [-0.15, -0.1) is 0 Å². The van der Waals surface area contributed by atoms with Crippen molar-refractivity contribution in [3.05, 3.63) is 64.7 Å². The summed E-state index contributed by atoms with van der Waals surface area (Å²) < 4.78 is 5.89. The van der Waals surface area contributed by atoms with Crippen molar-refractivity contribution < 1.29 is 14.6 Å². The lowest BCUT2D eigenvalue weighted by atomic mass is 10.0. The van der Waals surface area contributed by atoms with Gasteiger partial charge in [0.05, 0.1) is 13.0 Å². The smallest absolute Gasteiger partial charge is 0.224 e. The van der Waals surface area contributed by atoms with Gasteiger partial charge in [-0.2, -0.15) is 0 Å². The number of nitrogens with one attached hydrogen (secondary N) is 1. The van der Waals surface area contributed by atoms with Crippen molar-refractivity contribution in [2.75, 3.05) is 13.2 Å². The van der Waals surface area contributed by atoms with Gasteiger partial charge in [0.2, 0.25) is 5.91 Å². The molecule has 4 heteroatoms. The summed E-state index contributed by atoms with van der Waals surface area (Å²) in [5.41, 5.74) is 4.51. The monoisotopic (exact) mass is 313 g/mol. The van der Waals surface area contributed by atoms with Crippen LogP contribution in [0.25, 0.3) is 0 Å². The first-order valence-electron chi connectivity index (χ1n) is 7.74. The SMILES string of the molecule is Cc1cccc(C)c1COc1cccc(CC(=O)NCCO)c1. The number of carbonyl (C=O) groups is 1. The first-order chi connectivity index (χ1) is 11.1. The molecule has 0 radical (unpaired) electrons. The molecule has 0 aliphatic rings. The molecule has 0 heterocycles. The van der Waals surface area contributed by atoms with Crippen LogP contribution in [0.5, 0.6) is 5.75 Å². The zero-order chi connectivity index (χ0) is 16.7. The van der Waals surface area contributed by atoms with E-state index in [9.17, 15) is 4.79 Å².